The summed E-state index contributed by atoms with van der Waals surface area (Å²) in [6.07, 6.45) is 0. The summed E-state index contributed by atoms with van der Waals surface area (Å²) < 4.78 is 7.77. The van der Waals surface area contributed by atoms with E-state index in [1.807, 2.05) is 63.2 Å². The largest absolute Gasteiger partial charge is 0.489 e. The first-order valence-corrected chi connectivity index (χ1v) is 14.6. The van der Waals surface area contributed by atoms with Gasteiger partial charge in [-0.05, 0) is 73.5 Å². The molecule has 1 aliphatic heterocycles. The maximum Gasteiger partial charge on any atom is 0.255 e. The van der Waals surface area contributed by atoms with Crippen molar-refractivity contribution in [3.8, 4) is 5.75 Å². The van der Waals surface area contributed by atoms with E-state index in [4.69, 9.17) is 33.0 Å². The standard InChI is InChI=1S/C30H29Cl2N5O2S/c1-5-40-30-35-29-33-19(4)26(28(38)34-25-11-6-8-17(2)18(25)3)27(37(29)36-30)20-12-14-21(15-13-20)39-16-22-23(31)9-7-10-24(22)32/h6-15,27H,5,16H2,1-4H3,(H,34,38)(H,33,35,36). The zero-order valence-corrected chi connectivity index (χ0v) is 24.9. The molecule has 1 atom stereocenters. The molecule has 40 heavy (non-hydrogen) atoms. The Hall–Kier alpha value is -3.46. The molecule has 1 aromatic heterocycles. The number of allylic oxidation sites excluding steroid dienone is 1. The molecule has 0 aliphatic carbocycles. The second kappa shape index (κ2) is 12.0. The number of halogens is 2. The first-order valence-electron chi connectivity index (χ1n) is 12.9. The lowest BCUT2D eigenvalue weighted by atomic mass is 9.94. The van der Waals surface area contributed by atoms with E-state index in [0.29, 0.717) is 32.5 Å². The molecular weight excluding hydrogens is 565 g/mol. The van der Waals surface area contributed by atoms with Gasteiger partial charge in [-0.1, -0.05) is 72.2 Å². The minimum absolute atomic E-state index is 0.205. The molecular formula is C30H29Cl2N5O2S. The Labute approximate surface area is 247 Å². The van der Waals surface area contributed by atoms with E-state index in [-0.39, 0.29) is 12.5 Å². The topological polar surface area (TPSA) is 81.1 Å². The normalized spacial score (nSPS) is 14.5. The van der Waals surface area contributed by atoms with Crippen LogP contribution in [0.25, 0.3) is 0 Å². The Balaban J connectivity index is 1.47. The lowest BCUT2D eigenvalue weighted by Gasteiger charge is -2.29. The molecule has 1 amide bonds. The van der Waals surface area contributed by atoms with Crippen molar-refractivity contribution < 1.29 is 9.53 Å². The summed E-state index contributed by atoms with van der Waals surface area (Å²) in [7, 11) is 0. The summed E-state index contributed by atoms with van der Waals surface area (Å²) in [6, 6.07) is 18.4. The highest BCUT2D eigenvalue weighted by molar-refractivity contribution is 7.99. The molecule has 206 valence electrons. The number of nitrogens with zero attached hydrogens (tertiary/aromatic N) is 3. The first kappa shape index (κ1) is 28.1. The number of aryl methyl sites for hydroxylation is 1. The molecule has 4 aromatic rings. The molecule has 10 heteroatoms. The summed E-state index contributed by atoms with van der Waals surface area (Å²) in [6.45, 7) is 8.20. The third-order valence-corrected chi connectivity index (χ3v) is 8.27. The number of rotatable bonds is 8. The number of benzene rings is 3. The van der Waals surface area contributed by atoms with Crippen LogP contribution in [-0.2, 0) is 11.4 Å². The highest BCUT2D eigenvalue weighted by Crippen LogP contribution is 2.37. The zero-order chi connectivity index (χ0) is 28.4. The molecule has 0 spiro atoms. The molecule has 5 rings (SSSR count). The number of amides is 1. The van der Waals surface area contributed by atoms with Crippen molar-refractivity contribution in [2.45, 2.75) is 45.5 Å². The van der Waals surface area contributed by atoms with Gasteiger partial charge in [0.2, 0.25) is 11.1 Å². The Morgan fingerprint density at radius 3 is 2.45 bits per heavy atom. The minimum Gasteiger partial charge on any atom is -0.489 e. The number of fused-ring (bicyclic) bond motifs is 1. The fraction of sp³-hybridized carbons (Fsp3) is 0.233. The van der Waals surface area contributed by atoms with Gasteiger partial charge in [0.25, 0.3) is 5.91 Å². The van der Waals surface area contributed by atoms with Crippen molar-refractivity contribution in [1.29, 1.82) is 0 Å². The number of carbonyl (C=O) groups is 1. The first-order chi connectivity index (χ1) is 19.3. The van der Waals surface area contributed by atoms with E-state index in [9.17, 15) is 4.79 Å². The van der Waals surface area contributed by atoms with Crippen molar-refractivity contribution in [2.24, 2.45) is 0 Å². The lowest BCUT2D eigenvalue weighted by molar-refractivity contribution is -0.113. The summed E-state index contributed by atoms with van der Waals surface area (Å²) in [5.74, 6) is 1.87. The summed E-state index contributed by atoms with van der Waals surface area (Å²) in [5.41, 5.74) is 5.78. The molecule has 1 aliphatic rings. The van der Waals surface area contributed by atoms with E-state index < -0.39 is 6.04 Å². The number of hydrogen-bond acceptors (Lipinski definition) is 6. The number of ether oxygens (including phenoxy) is 1. The van der Waals surface area contributed by atoms with Gasteiger partial charge in [0, 0.05) is 27.0 Å². The molecule has 0 bridgehead atoms. The summed E-state index contributed by atoms with van der Waals surface area (Å²) in [4.78, 5) is 18.5. The molecule has 2 N–H and O–H groups in total. The summed E-state index contributed by atoms with van der Waals surface area (Å²) >= 11 is 14.1. The van der Waals surface area contributed by atoms with Gasteiger partial charge in [0.15, 0.2) is 0 Å². The van der Waals surface area contributed by atoms with Crippen LogP contribution >= 0.6 is 35.0 Å². The predicted octanol–water partition coefficient (Wildman–Crippen LogP) is 7.82. The van der Waals surface area contributed by atoms with Gasteiger partial charge in [-0.25, -0.2) is 4.68 Å². The molecule has 0 fully saturated rings. The molecule has 1 unspecified atom stereocenters. The number of nitrogens with one attached hydrogen (secondary N) is 2. The van der Waals surface area contributed by atoms with E-state index in [2.05, 4.69) is 22.5 Å². The SMILES string of the molecule is CCSc1nc2n(n1)C(c1ccc(OCc3c(Cl)cccc3Cl)cc1)C(C(=O)Nc1cccc(C)c1C)=C(C)N2. The number of hydrogen-bond donors (Lipinski definition) is 2. The van der Waals surface area contributed by atoms with Gasteiger partial charge >= 0.3 is 0 Å². The van der Waals surface area contributed by atoms with Crippen LogP contribution in [0.5, 0.6) is 5.75 Å². The van der Waals surface area contributed by atoms with Crippen molar-refractivity contribution in [3.63, 3.8) is 0 Å². The van der Waals surface area contributed by atoms with Crippen LogP contribution in [0.3, 0.4) is 0 Å². The predicted molar refractivity (Wildman–Crippen MR) is 163 cm³/mol. The van der Waals surface area contributed by atoms with E-state index >= 15 is 0 Å². The quantitative estimate of drug-likeness (QED) is 0.203. The smallest absolute Gasteiger partial charge is 0.255 e. The number of anilines is 2. The van der Waals surface area contributed by atoms with Gasteiger partial charge < -0.3 is 15.4 Å². The van der Waals surface area contributed by atoms with Crippen LogP contribution in [0.4, 0.5) is 11.6 Å². The van der Waals surface area contributed by atoms with Crippen LogP contribution in [0, 0.1) is 13.8 Å². The lowest BCUT2D eigenvalue weighted by Crippen LogP contribution is -2.31. The molecule has 0 saturated heterocycles. The van der Waals surface area contributed by atoms with Crippen molar-refractivity contribution >= 4 is 52.5 Å². The highest BCUT2D eigenvalue weighted by Gasteiger charge is 2.34. The third-order valence-electron chi connectivity index (χ3n) is 6.84. The van der Waals surface area contributed by atoms with E-state index in [1.165, 1.54) is 0 Å². The number of thioether (sulfide) groups is 1. The Morgan fingerprint density at radius 2 is 1.75 bits per heavy atom. The molecule has 2 heterocycles. The second-order valence-electron chi connectivity index (χ2n) is 9.42. The van der Waals surface area contributed by atoms with Crippen molar-refractivity contribution in [3.05, 3.63) is 104 Å². The Kier molecular flexibility index (Phi) is 8.40. The highest BCUT2D eigenvalue weighted by atomic mass is 35.5. The minimum atomic E-state index is -0.493. The third kappa shape index (κ3) is 5.70. The maximum absolute atomic E-state index is 13.8. The fourth-order valence-electron chi connectivity index (χ4n) is 4.57. The van der Waals surface area contributed by atoms with Gasteiger partial charge in [-0.15, -0.1) is 5.10 Å². The van der Waals surface area contributed by atoms with E-state index in [0.717, 1.165) is 39.4 Å². The molecule has 0 saturated carbocycles. The fourth-order valence-corrected chi connectivity index (χ4v) is 5.63. The van der Waals surface area contributed by atoms with Crippen LogP contribution in [-0.4, -0.2) is 26.4 Å². The molecule has 0 radical (unpaired) electrons. The van der Waals surface area contributed by atoms with Gasteiger partial charge in [0.1, 0.15) is 18.4 Å². The monoisotopic (exact) mass is 593 g/mol. The average Bonchev–Trinajstić information content (AvgIpc) is 3.32. The van der Waals surface area contributed by atoms with E-state index in [1.54, 1.807) is 34.6 Å². The number of aromatic nitrogens is 3. The Bertz CT molecular complexity index is 1580. The second-order valence-corrected chi connectivity index (χ2v) is 11.5. The van der Waals surface area contributed by atoms with Crippen molar-refractivity contribution in [1.82, 2.24) is 14.8 Å². The van der Waals surface area contributed by atoms with Gasteiger partial charge in [-0.2, -0.15) is 4.98 Å². The van der Waals surface area contributed by atoms with Crippen LogP contribution in [0.1, 0.15) is 42.1 Å². The molecule has 3 aromatic carbocycles. The zero-order valence-electron chi connectivity index (χ0n) is 22.6. The maximum atomic E-state index is 13.8. The van der Waals surface area contributed by atoms with Gasteiger partial charge in [-0.3, -0.25) is 4.79 Å². The Morgan fingerprint density at radius 1 is 1.05 bits per heavy atom. The van der Waals surface area contributed by atoms with Crippen LogP contribution in [0.2, 0.25) is 10.0 Å². The average molecular weight is 595 g/mol. The summed E-state index contributed by atoms with van der Waals surface area (Å²) in [5, 5.41) is 12.9. The van der Waals surface area contributed by atoms with Crippen molar-refractivity contribution in [2.75, 3.05) is 16.4 Å². The van der Waals surface area contributed by atoms with Gasteiger partial charge in [0.05, 0.1) is 5.57 Å². The van der Waals surface area contributed by atoms with Crippen LogP contribution < -0.4 is 15.4 Å². The molecule has 7 nitrogen and oxygen atoms in total. The number of carbonyl (C=O) groups excluding carboxylic acids is 1. The van der Waals surface area contributed by atoms with Crippen LogP contribution in [0.15, 0.2) is 77.1 Å².